The normalized spacial score (nSPS) is 13.4. The minimum Gasteiger partial charge on any atom is -1.00 e. The molecular formula is C15H25F6IN2O8S2. The molecular weight excluding hydrogens is 641 g/mol. The lowest BCUT2D eigenvalue weighted by Gasteiger charge is -2.07. The standard InChI is InChI=1S/C11H22N2O4S2.2C2HF3O2.HI/c1-19(6-3-9(13)11(16)17)7-5-18-4-2-8(12)10(14)15;2*3-2(4,5)1(6)7;/h8-9H,2-7,12-13H2,1H3,(H-,14,15,16,17);2*(H,6,7);1H/t8-,9-,19?;;;/m0.../s1. The fourth-order valence-corrected chi connectivity index (χ4v) is 4.29. The number of carboxylic acids is 4. The maximum absolute atomic E-state index is 10.6. The third kappa shape index (κ3) is 27.1. The topological polar surface area (TPSA) is 201 Å². The van der Waals surface area contributed by atoms with Gasteiger partial charge in [-0.25, -0.2) is 9.59 Å². The Kier molecular flexibility index (Phi) is 23.6. The Morgan fingerprint density at radius 1 is 0.765 bits per heavy atom. The molecule has 0 fully saturated rings. The van der Waals surface area contributed by atoms with Crippen LogP contribution in [0.5, 0.6) is 0 Å². The number of alkyl halides is 6. The Labute approximate surface area is 214 Å². The van der Waals surface area contributed by atoms with Crippen molar-refractivity contribution in [2.24, 2.45) is 11.5 Å². The first kappa shape index (κ1) is 40.0. The minimum absolute atomic E-state index is 0. The maximum atomic E-state index is 10.6. The van der Waals surface area contributed by atoms with Crippen LogP contribution in [-0.2, 0) is 30.1 Å². The molecule has 1 unspecified atom stereocenters. The smallest absolute Gasteiger partial charge is 0.490 e. The molecule has 3 atom stereocenters. The zero-order valence-corrected chi connectivity index (χ0v) is 21.2. The lowest BCUT2D eigenvalue weighted by atomic mass is 10.2. The summed E-state index contributed by atoms with van der Waals surface area (Å²) in [6, 6.07) is -1.54. The van der Waals surface area contributed by atoms with E-state index in [-0.39, 0.29) is 34.9 Å². The van der Waals surface area contributed by atoms with Gasteiger partial charge in [-0.3, -0.25) is 9.59 Å². The third-order valence-corrected chi connectivity index (χ3v) is 6.16. The van der Waals surface area contributed by atoms with Crippen LogP contribution in [0, 0.1) is 0 Å². The summed E-state index contributed by atoms with van der Waals surface area (Å²) in [5, 5.41) is 31.5. The first-order valence-corrected chi connectivity index (χ1v) is 11.6. The molecule has 0 aliphatic carbocycles. The Morgan fingerprint density at radius 2 is 1.09 bits per heavy atom. The van der Waals surface area contributed by atoms with Gasteiger partial charge in [-0.15, -0.1) is 0 Å². The van der Waals surface area contributed by atoms with Gasteiger partial charge < -0.3 is 55.9 Å². The average Bonchev–Trinajstić information content (AvgIpc) is 2.64. The fourth-order valence-electron chi connectivity index (χ4n) is 1.19. The summed E-state index contributed by atoms with van der Waals surface area (Å²) in [4.78, 5) is 38.8. The number of halogens is 7. The first-order chi connectivity index (χ1) is 14.7. The molecule has 34 heavy (non-hydrogen) atoms. The van der Waals surface area contributed by atoms with Gasteiger partial charge in [0.2, 0.25) is 0 Å². The number of carbonyl (C=O) groups is 4. The zero-order chi connectivity index (χ0) is 27.0. The van der Waals surface area contributed by atoms with E-state index in [9.17, 15) is 35.9 Å². The van der Waals surface area contributed by atoms with Crippen molar-refractivity contribution in [3.05, 3.63) is 0 Å². The summed E-state index contributed by atoms with van der Waals surface area (Å²) in [6.45, 7) is 0. The van der Waals surface area contributed by atoms with Crippen molar-refractivity contribution >= 4 is 46.5 Å². The molecule has 0 heterocycles. The first-order valence-electron chi connectivity index (χ1n) is 8.47. The van der Waals surface area contributed by atoms with Crippen LogP contribution < -0.4 is 35.4 Å². The van der Waals surface area contributed by atoms with E-state index in [1.54, 1.807) is 11.8 Å². The van der Waals surface area contributed by atoms with E-state index in [1.807, 2.05) is 0 Å². The van der Waals surface area contributed by atoms with Crippen molar-refractivity contribution < 1.29 is 89.9 Å². The van der Waals surface area contributed by atoms with Gasteiger partial charge in [0.25, 0.3) is 0 Å². The van der Waals surface area contributed by atoms with Gasteiger partial charge in [0, 0.05) is 12.2 Å². The second-order valence-corrected chi connectivity index (χ2v) is 9.48. The molecule has 19 heteroatoms. The molecule has 204 valence electrons. The zero-order valence-electron chi connectivity index (χ0n) is 17.4. The Morgan fingerprint density at radius 3 is 1.38 bits per heavy atom. The quantitative estimate of drug-likeness (QED) is 0.0608. The minimum atomic E-state index is -5.08. The van der Waals surface area contributed by atoms with Crippen molar-refractivity contribution in [2.75, 3.05) is 29.3 Å². The number of nitrogens with two attached hydrogens (primary N) is 2. The highest BCUT2D eigenvalue weighted by Gasteiger charge is 2.38. The SMILES string of the molecule is C[S+](CCSCC[C@H](N)C(=O)O)CC[C@H](N)C(=O)O.O=C(O)C(F)(F)F.O=C(O)C(F)(F)F.[I-]. The van der Waals surface area contributed by atoms with Crippen LogP contribution in [0.2, 0.25) is 0 Å². The van der Waals surface area contributed by atoms with Gasteiger partial charge >= 0.3 is 36.2 Å². The van der Waals surface area contributed by atoms with Crippen LogP contribution in [0.4, 0.5) is 26.3 Å². The summed E-state index contributed by atoms with van der Waals surface area (Å²) in [6.07, 6.45) is -7.09. The predicted octanol–water partition coefficient (Wildman–Crippen LogP) is -2.16. The van der Waals surface area contributed by atoms with Crippen LogP contribution >= 0.6 is 11.8 Å². The molecule has 0 rings (SSSR count). The molecule has 0 spiro atoms. The molecule has 0 radical (unpaired) electrons. The number of aliphatic carboxylic acids is 4. The lowest BCUT2D eigenvalue weighted by Crippen LogP contribution is -3.00. The third-order valence-electron chi connectivity index (χ3n) is 3.05. The highest BCUT2D eigenvalue weighted by molar-refractivity contribution is 8.01. The number of carboxylic acid groups (broad SMARTS) is 4. The molecule has 0 bridgehead atoms. The Balaban J connectivity index is -0.000000247. The van der Waals surface area contributed by atoms with E-state index in [1.165, 1.54) is 0 Å². The van der Waals surface area contributed by atoms with Crippen LogP contribution in [-0.4, -0.2) is 98.0 Å². The second-order valence-electron chi connectivity index (χ2n) is 5.87. The molecule has 0 aromatic carbocycles. The molecule has 0 aromatic heterocycles. The van der Waals surface area contributed by atoms with Gasteiger partial charge in [0.1, 0.15) is 23.6 Å². The Hall–Kier alpha value is -1.19. The van der Waals surface area contributed by atoms with Crippen LogP contribution in [0.15, 0.2) is 0 Å². The van der Waals surface area contributed by atoms with Crippen molar-refractivity contribution in [1.82, 2.24) is 0 Å². The summed E-state index contributed by atoms with van der Waals surface area (Å²) in [5.74, 6) is -3.93. The van der Waals surface area contributed by atoms with Crippen molar-refractivity contribution in [3.8, 4) is 0 Å². The van der Waals surface area contributed by atoms with Gasteiger partial charge in [-0.1, -0.05) is 0 Å². The van der Waals surface area contributed by atoms with Crippen LogP contribution in [0.1, 0.15) is 12.8 Å². The predicted molar refractivity (Wildman–Crippen MR) is 108 cm³/mol. The van der Waals surface area contributed by atoms with E-state index in [0.717, 1.165) is 23.0 Å². The largest absolute Gasteiger partial charge is 1.00 e. The van der Waals surface area contributed by atoms with E-state index in [0.29, 0.717) is 12.8 Å². The molecule has 10 nitrogen and oxygen atoms in total. The number of hydrogen-bond acceptors (Lipinski definition) is 7. The van der Waals surface area contributed by atoms with Gasteiger partial charge in [-0.05, 0) is 23.1 Å². The van der Waals surface area contributed by atoms with Crippen molar-refractivity contribution in [1.29, 1.82) is 0 Å². The molecule has 0 aromatic rings. The average molecular weight is 666 g/mol. The monoisotopic (exact) mass is 666 g/mol. The molecule has 0 amide bonds. The van der Waals surface area contributed by atoms with Crippen molar-refractivity contribution in [3.63, 3.8) is 0 Å². The van der Waals surface area contributed by atoms with Crippen LogP contribution in [0.25, 0.3) is 0 Å². The second kappa shape index (κ2) is 20.0. The summed E-state index contributed by atoms with van der Waals surface area (Å²) in [5.41, 5.74) is 10.8. The van der Waals surface area contributed by atoms with Gasteiger partial charge in [0.05, 0.1) is 6.26 Å². The van der Waals surface area contributed by atoms with Crippen molar-refractivity contribution in [2.45, 2.75) is 37.3 Å². The number of rotatable bonds is 11. The lowest BCUT2D eigenvalue weighted by molar-refractivity contribution is -0.193. The fraction of sp³-hybridized carbons (Fsp3) is 0.733. The van der Waals surface area contributed by atoms with E-state index < -0.39 is 48.3 Å². The van der Waals surface area contributed by atoms with Gasteiger partial charge in [0.15, 0.2) is 0 Å². The highest BCUT2D eigenvalue weighted by atomic mass is 127. The number of hydrogen-bond donors (Lipinski definition) is 6. The van der Waals surface area contributed by atoms with Gasteiger partial charge in [-0.2, -0.15) is 38.1 Å². The van der Waals surface area contributed by atoms with E-state index in [2.05, 4.69) is 6.26 Å². The Bertz CT molecular complexity index is 605. The summed E-state index contributed by atoms with van der Waals surface area (Å²) >= 11 is 1.68. The summed E-state index contributed by atoms with van der Waals surface area (Å²) in [7, 11) is 0.158. The summed E-state index contributed by atoms with van der Waals surface area (Å²) < 4.78 is 63.5. The number of thioether (sulfide) groups is 1. The molecule has 0 saturated carbocycles. The molecule has 0 aliphatic rings. The van der Waals surface area contributed by atoms with Crippen LogP contribution in [0.3, 0.4) is 0 Å². The highest BCUT2D eigenvalue weighted by Crippen LogP contribution is 2.13. The molecule has 0 saturated heterocycles. The molecule has 8 N–H and O–H groups in total. The van der Waals surface area contributed by atoms with E-state index in [4.69, 9.17) is 41.5 Å². The van der Waals surface area contributed by atoms with E-state index >= 15 is 0 Å². The maximum Gasteiger partial charge on any atom is 0.490 e. The molecule has 0 aliphatic heterocycles.